The van der Waals surface area contributed by atoms with Gasteiger partial charge in [0.15, 0.2) is 0 Å². The minimum Gasteiger partial charge on any atom is -0.467 e. The number of rotatable bonds is 4. The van der Waals surface area contributed by atoms with Gasteiger partial charge in [0.2, 0.25) is 17.2 Å². The van der Waals surface area contributed by atoms with E-state index in [0.717, 1.165) is 5.76 Å². The number of furan rings is 1. The van der Waals surface area contributed by atoms with Crippen LogP contribution in [0.4, 0.5) is 11.9 Å². The Morgan fingerprint density at radius 1 is 1.31 bits per heavy atom. The Hall–Kier alpha value is -1.82. The summed E-state index contributed by atoms with van der Waals surface area (Å²) in [6.45, 7) is 0.497. The number of halogens is 1. The third kappa shape index (κ3) is 2.60. The summed E-state index contributed by atoms with van der Waals surface area (Å²) in [5, 5.41) is 5.91. The van der Waals surface area contributed by atoms with E-state index in [1.807, 2.05) is 12.1 Å². The summed E-state index contributed by atoms with van der Waals surface area (Å²) in [7, 11) is 1.71. The highest BCUT2D eigenvalue weighted by molar-refractivity contribution is 6.28. The van der Waals surface area contributed by atoms with Gasteiger partial charge in [0.1, 0.15) is 5.76 Å². The zero-order chi connectivity index (χ0) is 11.4. The zero-order valence-corrected chi connectivity index (χ0v) is 9.32. The predicted molar refractivity (Wildman–Crippen MR) is 60.4 cm³/mol. The van der Waals surface area contributed by atoms with Crippen LogP contribution in [0.15, 0.2) is 22.8 Å². The summed E-state index contributed by atoms with van der Waals surface area (Å²) >= 11 is 5.72. The monoisotopic (exact) mass is 239 g/mol. The topological polar surface area (TPSA) is 75.9 Å². The lowest BCUT2D eigenvalue weighted by atomic mass is 10.4. The molecule has 0 aromatic carbocycles. The summed E-state index contributed by atoms with van der Waals surface area (Å²) < 4.78 is 5.16. The molecule has 0 unspecified atom stereocenters. The molecule has 0 radical (unpaired) electrons. The third-order valence-corrected chi connectivity index (χ3v) is 2.00. The highest BCUT2D eigenvalue weighted by Gasteiger charge is 2.03. The van der Waals surface area contributed by atoms with Gasteiger partial charge in [-0.15, -0.1) is 0 Å². The minimum absolute atomic E-state index is 0.140. The van der Waals surface area contributed by atoms with E-state index in [0.29, 0.717) is 18.4 Å². The van der Waals surface area contributed by atoms with Gasteiger partial charge >= 0.3 is 0 Å². The van der Waals surface area contributed by atoms with Crippen LogP contribution in [0.5, 0.6) is 0 Å². The lowest BCUT2D eigenvalue weighted by molar-refractivity contribution is 0.517. The van der Waals surface area contributed by atoms with Crippen LogP contribution in [0.3, 0.4) is 0 Å². The molecule has 0 atom stereocenters. The molecular weight excluding hydrogens is 230 g/mol. The second-order valence-electron chi connectivity index (χ2n) is 2.93. The average molecular weight is 240 g/mol. The van der Waals surface area contributed by atoms with E-state index in [1.165, 1.54) is 0 Å². The van der Waals surface area contributed by atoms with E-state index in [-0.39, 0.29) is 5.28 Å². The van der Waals surface area contributed by atoms with Gasteiger partial charge in [-0.25, -0.2) is 0 Å². The van der Waals surface area contributed by atoms with Crippen molar-refractivity contribution in [3.63, 3.8) is 0 Å². The average Bonchev–Trinajstić information content (AvgIpc) is 2.78. The predicted octanol–water partition coefficient (Wildman–Crippen LogP) is 1.77. The first kappa shape index (κ1) is 10.7. The molecule has 7 heteroatoms. The molecule has 2 N–H and O–H groups in total. The van der Waals surface area contributed by atoms with Crippen LogP contribution in [0.25, 0.3) is 0 Å². The molecule has 0 spiro atoms. The highest BCUT2D eigenvalue weighted by atomic mass is 35.5. The molecule has 0 bridgehead atoms. The quantitative estimate of drug-likeness (QED) is 0.847. The van der Waals surface area contributed by atoms with Gasteiger partial charge in [0.05, 0.1) is 12.8 Å². The smallest absolute Gasteiger partial charge is 0.229 e. The number of anilines is 2. The second kappa shape index (κ2) is 4.80. The van der Waals surface area contributed by atoms with Gasteiger partial charge in [-0.2, -0.15) is 15.0 Å². The lowest BCUT2D eigenvalue weighted by Crippen LogP contribution is -2.06. The molecular formula is C9H10ClN5O. The second-order valence-corrected chi connectivity index (χ2v) is 3.27. The van der Waals surface area contributed by atoms with Crippen LogP contribution >= 0.6 is 11.6 Å². The van der Waals surface area contributed by atoms with Crippen molar-refractivity contribution in [1.82, 2.24) is 15.0 Å². The molecule has 0 fully saturated rings. The van der Waals surface area contributed by atoms with E-state index in [2.05, 4.69) is 25.6 Å². The fourth-order valence-electron chi connectivity index (χ4n) is 1.12. The summed E-state index contributed by atoms with van der Waals surface area (Å²) in [6.07, 6.45) is 1.61. The van der Waals surface area contributed by atoms with Crippen molar-refractivity contribution < 1.29 is 4.42 Å². The summed E-state index contributed by atoms with van der Waals surface area (Å²) in [5.41, 5.74) is 0. The number of aromatic nitrogens is 3. The number of hydrogen-bond donors (Lipinski definition) is 2. The first-order chi connectivity index (χ1) is 7.78. The minimum atomic E-state index is 0.140. The molecule has 0 aliphatic rings. The van der Waals surface area contributed by atoms with Gasteiger partial charge < -0.3 is 15.1 Å². The van der Waals surface area contributed by atoms with Crippen LogP contribution < -0.4 is 10.6 Å². The maximum absolute atomic E-state index is 5.72. The lowest BCUT2D eigenvalue weighted by Gasteiger charge is -2.04. The fourth-order valence-corrected chi connectivity index (χ4v) is 1.28. The number of hydrogen-bond acceptors (Lipinski definition) is 6. The molecule has 16 heavy (non-hydrogen) atoms. The molecule has 6 nitrogen and oxygen atoms in total. The Kier molecular flexibility index (Phi) is 3.21. The molecule has 2 heterocycles. The maximum atomic E-state index is 5.72. The van der Waals surface area contributed by atoms with Gasteiger partial charge in [-0.3, -0.25) is 0 Å². The third-order valence-electron chi connectivity index (χ3n) is 1.83. The van der Waals surface area contributed by atoms with E-state index >= 15 is 0 Å². The Morgan fingerprint density at radius 3 is 2.81 bits per heavy atom. The number of nitrogens with zero attached hydrogens (tertiary/aromatic N) is 3. The normalized spacial score (nSPS) is 10.1. The van der Waals surface area contributed by atoms with Gasteiger partial charge in [-0.05, 0) is 23.7 Å². The molecule has 84 valence electrons. The van der Waals surface area contributed by atoms with Crippen LogP contribution in [-0.2, 0) is 6.54 Å². The van der Waals surface area contributed by atoms with Crippen LogP contribution in [-0.4, -0.2) is 22.0 Å². The van der Waals surface area contributed by atoms with Crippen molar-refractivity contribution in [3.05, 3.63) is 29.4 Å². The van der Waals surface area contributed by atoms with Gasteiger partial charge in [-0.1, -0.05) is 0 Å². The Morgan fingerprint density at radius 2 is 2.12 bits per heavy atom. The fraction of sp³-hybridized carbons (Fsp3) is 0.222. The zero-order valence-electron chi connectivity index (χ0n) is 8.57. The van der Waals surface area contributed by atoms with E-state index in [1.54, 1.807) is 13.3 Å². The summed E-state index contributed by atoms with van der Waals surface area (Å²) in [6, 6.07) is 3.67. The SMILES string of the molecule is CNc1nc(Cl)nc(NCc2ccco2)n1. The first-order valence-electron chi connectivity index (χ1n) is 4.63. The van der Waals surface area contributed by atoms with E-state index in [9.17, 15) is 0 Å². The molecule has 0 saturated carbocycles. The van der Waals surface area contributed by atoms with Crippen molar-refractivity contribution >= 4 is 23.5 Å². The van der Waals surface area contributed by atoms with Crippen LogP contribution in [0.1, 0.15) is 5.76 Å². The molecule has 2 rings (SSSR count). The molecule has 0 amide bonds. The molecule has 0 aliphatic carbocycles. The highest BCUT2D eigenvalue weighted by Crippen LogP contribution is 2.10. The molecule has 0 saturated heterocycles. The number of nitrogens with one attached hydrogen (secondary N) is 2. The van der Waals surface area contributed by atoms with E-state index in [4.69, 9.17) is 16.0 Å². The van der Waals surface area contributed by atoms with Crippen molar-refractivity contribution in [2.45, 2.75) is 6.54 Å². The molecule has 0 aliphatic heterocycles. The summed E-state index contributed by atoms with van der Waals surface area (Å²) in [4.78, 5) is 11.9. The Balaban J connectivity index is 2.06. The van der Waals surface area contributed by atoms with Crippen molar-refractivity contribution in [2.75, 3.05) is 17.7 Å². The van der Waals surface area contributed by atoms with Crippen LogP contribution in [0, 0.1) is 0 Å². The van der Waals surface area contributed by atoms with Crippen molar-refractivity contribution in [3.8, 4) is 0 Å². The van der Waals surface area contributed by atoms with Crippen molar-refractivity contribution in [2.24, 2.45) is 0 Å². The van der Waals surface area contributed by atoms with Crippen LogP contribution in [0.2, 0.25) is 5.28 Å². The Bertz CT molecular complexity index is 459. The standard InChI is InChI=1S/C9H10ClN5O/c1-11-8-13-7(10)14-9(15-8)12-5-6-3-2-4-16-6/h2-4H,5H2,1H3,(H2,11,12,13,14,15). The molecule has 2 aromatic heterocycles. The maximum Gasteiger partial charge on any atom is 0.229 e. The largest absolute Gasteiger partial charge is 0.467 e. The summed E-state index contributed by atoms with van der Waals surface area (Å²) in [5.74, 6) is 1.62. The molecule has 2 aromatic rings. The van der Waals surface area contributed by atoms with Gasteiger partial charge in [0, 0.05) is 7.05 Å². The van der Waals surface area contributed by atoms with Crippen molar-refractivity contribution in [1.29, 1.82) is 0 Å². The Labute approximate surface area is 97.1 Å². The van der Waals surface area contributed by atoms with Gasteiger partial charge in [0.25, 0.3) is 0 Å². The van der Waals surface area contributed by atoms with E-state index < -0.39 is 0 Å². The first-order valence-corrected chi connectivity index (χ1v) is 5.01.